The molecule has 2 amide bonds. The Kier molecular flexibility index (Phi) is 8.43. The predicted molar refractivity (Wildman–Crippen MR) is 121 cm³/mol. The minimum absolute atomic E-state index is 0.198. The minimum Gasteiger partial charge on any atom is -0.357 e. The summed E-state index contributed by atoms with van der Waals surface area (Å²) in [6, 6.07) is 15.2. The molecule has 0 aliphatic carbocycles. The summed E-state index contributed by atoms with van der Waals surface area (Å²) < 4.78 is 26.7. The van der Waals surface area contributed by atoms with Gasteiger partial charge in [0.1, 0.15) is 12.6 Å². The molecular weight excluding hydrogens is 470 g/mol. The van der Waals surface area contributed by atoms with E-state index in [0.29, 0.717) is 12.1 Å². The first-order valence-electron chi connectivity index (χ1n) is 9.45. The van der Waals surface area contributed by atoms with Gasteiger partial charge in [-0.25, -0.2) is 8.42 Å². The van der Waals surface area contributed by atoms with Gasteiger partial charge in [-0.15, -0.1) is 0 Å². The number of benzene rings is 2. The van der Waals surface area contributed by atoms with E-state index in [9.17, 15) is 18.0 Å². The van der Waals surface area contributed by atoms with Crippen LogP contribution in [0.15, 0.2) is 59.1 Å². The maximum absolute atomic E-state index is 13.3. The summed E-state index contributed by atoms with van der Waals surface area (Å²) in [5, 5.41) is 2.59. The summed E-state index contributed by atoms with van der Waals surface area (Å²) >= 11 is 3.32. The molecule has 7 nitrogen and oxygen atoms in total. The second kappa shape index (κ2) is 10.6. The van der Waals surface area contributed by atoms with Crippen molar-refractivity contribution in [2.24, 2.45) is 0 Å². The Morgan fingerprint density at radius 3 is 2.17 bits per heavy atom. The molecule has 0 aliphatic rings. The second-order valence-corrected chi connectivity index (χ2v) is 9.61. The van der Waals surface area contributed by atoms with Crippen molar-refractivity contribution < 1.29 is 18.0 Å². The van der Waals surface area contributed by atoms with Crippen LogP contribution >= 0.6 is 15.9 Å². The molecule has 1 atom stereocenters. The summed E-state index contributed by atoms with van der Waals surface area (Å²) in [6.45, 7) is 1.61. The monoisotopic (exact) mass is 495 g/mol. The topological polar surface area (TPSA) is 86.8 Å². The minimum atomic E-state index is -3.72. The Balaban J connectivity index is 2.39. The number of rotatable bonds is 9. The molecule has 2 aromatic rings. The summed E-state index contributed by atoms with van der Waals surface area (Å²) in [7, 11) is -2.21. The zero-order valence-corrected chi connectivity index (χ0v) is 19.6. The highest BCUT2D eigenvalue weighted by Gasteiger charge is 2.31. The molecule has 1 N–H and O–H groups in total. The van der Waals surface area contributed by atoms with E-state index < -0.39 is 28.5 Å². The summed E-state index contributed by atoms with van der Waals surface area (Å²) in [4.78, 5) is 27.2. The molecule has 0 saturated carbocycles. The van der Waals surface area contributed by atoms with Crippen molar-refractivity contribution in [1.82, 2.24) is 10.2 Å². The van der Waals surface area contributed by atoms with Gasteiger partial charge in [-0.2, -0.15) is 0 Å². The average molecular weight is 496 g/mol. The van der Waals surface area contributed by atoms with Crippen LogP contribution in [-0.2, 0) is 26.2 Å². The molecular formula is C21H26BrN3O4S. The molecule has 162 valence electrons. The molecule has 0 radical (unpaired) electrons. The van der Waals surface area contributed by atoms with Crippen LogP contribution in [0.25, 0.3) is 0 Å². The van der Waals surface area contributed by atoms with Crippen molar-refractivity contribution >= 4 is 43.5 Å². The number of likely N-dealkylation sites (N-methyl/N-ethyl adjacent to an activating group) is 1. The first kappa shape index (κ1) is 23.9. The number of nitrogens with one attached hydrogen (secondary N) is 1. The number of halogens is 1. The van der Waals surface area contributed by atoms with Crippen LogP contribution in [0.3, 0.4) is 0 Å². The van der Waals surface area contributed by atoms with Gasteiger partial charge in [0.15, 0.2) is 0 Å². The molecule has 0 fully saturated rings. The number of hydrogen-bond acceptors (Lipinski definition) is 4. The van der Waals surface area contributed by atoms with E-state index in [1.54, 1.807) is 24.3 Å². The smallest absolute Gasteiger partial charge is 0.244 e. The number of amides is 2. The van der Waals surface area contributed by atoms with Crippen LogP contribution in [0.2, 0.25) is 0 Å². The molecule has 0 aromatic heterocycles. The fraction of sp³-hybridized carbons (Fsp3) is 0.333. The van der Waals surface area contributed by atoms with Crippen molar-refractivity contribution in [2.45, 2.75) is 25.9 Å². The number of carbonyl (C=O) groups is 2. The van der Waals surface area contributed by atoms with Crippen LogP contribution in [-0.4, -0.2) is 51.0 Å². The lowest BCUT2D eigenvalue weighted by molar-refractivity contribution is -0.140. The van der Waals surface area contributed by atoms with Gasteiger partial charge in [0.25, 0.3) is 0 Å². The van der Waals surface area contributed by atoms with E-state index in [2.05, 4.69) is 21.2 Å². The standard InChI is InChI=1S/C21H26BrN3O4S/c1-4-19(21(27)23-2)24(14-16-8-6-5-7-9-16)20(26)15-25(30(3,28)29)18-12-10-17(22)11-13-18/h5-13,19H,4,14-15H2,1-3H3,(H,23,27)/t19-/m1/s1. The van der Waals surface area contributed by atoms with Crippen molar-refractivity contribution in [3.63, 3.8) is 0 Å². The van der Waals surface area contributed by atoms with Crippen LogP contribution in [0.1, 0.15) is 18.9 Å². The summed E-state index contributed by atoms with van der Waals surface area (Å²) in [6.07, 6.45) is 1.45. The van der Waals surface area contributed by atoms with Crippen molar-refractivity contribution in [3.05, 3.63) is 64.6 Å². The molecule has 0 saturated heterocycles. The Morgan fingerprint density at radius 1 is 1.07 bits per heavy atom. The molecule has 30 heavy (non-hydrogen) atoms. The van der Waals surface area contributed by atoms with Crippen molar-refractivity contribution in [2.75, 3.05) is 24.2 Å². The number of nitrogens with zero attached hydrogens (tertiary/aromatic N) is 2. The van der Waals surface area contributed by atoms with Crippen molar-refractivity contribution in [1.29, 1.82) is 0 Å². The number of hydrogen-bond donors (Lipinski definition) is 1. The molecule has 0 heterocycles. The Morgan fingerprint density at radius 2 is 1.67 bits per heavy atom. The zero-order chi connectivity index (χ0) is 22.3. The Hall–Kier alpha value is -2.39. The number of carbonyl (C=O) groups excluding carboxylic acids is 2. The molecule has 2 aromatic carbocycles. The van der Waals surface area contributed by atoms with E-state index in [4.69, 9.17) is 0 Å². The van der Waals surface area contributed by atoms with E-state index in [0.717, 1.165) is 20.6 Å². The third kappa shape index (κ3) is 6.30. The molecule has 0 unspecified atom stereocenters. The van der Waals surface area contributed by atoms with Crippen LogP contribution in [0, 0.1) is 0 Å². The largest absolute Gasteiger partial charge is 0.357 e. The molecule has 0 aliphatic heterocycles. The fourth-order valence-corrected chi connectivity index (χ4v) is 4.20. The quantitative estimate of drug-likeness (QED) is 0.579. The van der Waals surface area contributed by atoms with E-state index in [-0.39, 0.29) is 12.5 Å². The van der Waals surface area contributed by atoms with Gasteiger partial charge < -0.3 is 10.2 Å². The summed E-state index contributed by atoms with van der Waals surface area (Å²) in [5.41, 5.74) is 1.23. The lowest BCUT2D eigenvalue weighted by Crippen LogP contribution is -2.51. The van der Waals surface area contributed by atoms with E-state index >= 15 is 0 Å². The zero-order valence-electron chi connectivity index (χ0n) is 17.2. The van der Waals surface area contributed by atoms with E-state index in [1.807, 2.05) is 37.3 Å². The van der Waals surface area contributed by atoms with Gasteiger partial charge in [0.2, 0.25) is 21.8 Å². The first-order chi connectivity index (χ1) is 14.2. The molecule has 2 rings (SSSR count). The Bertz CT molecular complexity index is 966. The SMILES string of the molecule is CC[C@H](C(=O)NC)N(Cc1ccccc1)C(=O)CN(c1ccc(Br)cc1)S(C)(=O)=O. The first-order valence-corrected chi connectivity index (χ1v) is 12.1. The van der Waals surface area contributed by atoms with Gasteiger partial charge in [-0.05, 0) is 36.2 Å². The van der Waals surface area contributed by atoms with Crippen molar-refractivity contribution in [3.8, 4) is 0 Å². The third-order valence-corrected chi connectivity index (χ3v) is 6.29. The van der Waals surface area contributed by atoms with Gasteiger partial charge in [0, 0.05) is 18.1 Å². The highest BCUT2D eigenvalue weighted by molar-refractivity contribution is 9.10. The number of anilines is 1. The molecule has 0 bridgehead atoms. The maximum atomic E-state index is 13.3. The van der Waals surface area contributed by atoms with Crippen LogP contribution in [0.4, 0.5) is 5.69 Å². The second-order valence-electron chi connectivity index (χ2n) is 6.79. The molecule has 0 spiro atoms. The average Bonchev–Trinajstić information content (AvgIpc) is 2.72. The third-order valence-electron chi connectivity index (χ3n) is 4.62. The van der Waals surface area contributed by atoms with Gasteiger partial charge in [0.05, 0.1) is 11.9 Å². The summed E-state index contributed by atoms with van der Waals surface area (Å²) in [5.74, 6) is -0.751. The predicted octanol–water partition coefficient (Wildman–Crippen LogP) is 2.77. The lowest BCUT2D eigenvalue weighted by Gasteiger charge is -2.32. The van der Waals surface area contributed by atoms with E-state index in [1.165, 1.54) is 11.9 Å². The highest BCUT2D eigenvalue weighted by atomic mass is 79.9. The highest BCUT2D eigenvalue weighted by Crippen LogP contribution is 2.22. The van der Waals surface area contributed by atoms with Gasteiger partial charge in [-0.1, -0.05) is 53.2 Å². The molecule has 9 heteroatoms. The van der Waals surface area contributed by atoms with Crippen LogP contribution < -0.4 is 9.62 Å². The number of sulfonamides is 1. The van der Waals surface area contributed by atoms with Gasteiger partial charge >= 0.3 is 0 Å². The Labute approximate surface area is 186 Å². The lowest BCUT2D eigenvalue weighted by atomic mass is 10.1. The van der Waals surface area contributed by atoms with Crippen LogP contribution in [0.5, 0.6) is 0 Å². The maximum Gasteiger partial charge on any atom is 0.244 e. The normalized spacial score (nSPS) is 12.1. The van der Waals surface area contributed by atoms with Gasteiger partial charge in [-0.3, -0.25) is 13.9 Å². The fourth-order valence-electron chi connectivity index (χ4n) is 3.09.